The fourth-order valence-corrected chi connectivity index (χ4v) is 3.97. The molecule has 1 aliphatic rings. The molecule has 1 aliphatic heterocycles. The lowest BCUT2D eigenvalue weighted by atomic mass is 9.95. The fourth-order valence-electron chi connectivity index (χ4n) is 3.84. The highest BCUT2D eigenvalue weighted by Gasteiger charge is 2.29. The number of nitrogens with zero attached hydrogens (tertiary/aromatic N) is 2. The molecule has 30 heavy (non-hydrogen) atoms. The van der Waals surface area contributed by atoms with E-state index in [-0.39, 0.29) is 17.7 Å². The average Bonchev–Trinajstić information content (AvgIpc) is 2.72. The SMILES string of the molecule is Cc1cc(C)cc(OCCN(C)C(=O)C2CCN(C(=O)c3ccc(Cl)cc3)CC2)c1. The van der Waals surface area contributed by atoms with E-state index in [9.17, 15) is 9.59 Å². The number of rotatable bonds is 6. The van der Waals surface area contributed by atoms with Gasteiger partial charge >= 0.3 is 0 Å². The van der Waals surface area contributed by atoms with Crippen molar-refractivity contribution < 1.29 is 14.3 Å². The van der Waals surface area contributed by atoms with Crippen LogP contribution in [0.2, 0.25) is 5.02 Å². The molecule has 0 N–H and O–H groups in total. The van der Waals surface area contributed by atoms with Gasteiger partial charge in [0.25, 0.3) is 5.91 Å². The molecular formula is C24H29ClN2O3. The number of piperidine rings is 1. The third kappa shape index (κ3) is 5.76. The summed E-state index contributed by atoms with van der Waals surface area (Å²) in [5, 5.41) is 0.611. The smallest absolute Gasteiger partial charge is 0.253 e. The number of halogens is 1. The van der Waals surface area contributed by atoms with Crippen LogP contribution in [0.1, 0.15) is 34.3 Å². The Kier molecular flexibility index (Phi) is 7.38. The van der Waals surface area contributed by atoms with Crippen molar-refractivity contribution in [3.05, 3.63) is 64.2 Å². The van der Waals surface area contributed by atoms with Gasteiger partial charge in [-0.05, 0) is 74.2 Å². The van der Waals surface area contributed by atoms with E-state index in [4.69, 9.17) is 16.3 Å². The van der Waals surface area contributed by atoms with Crippen molar-refractivity contribution in [3.8, 4) is 5.75 Å². The van der Waals surface area contributed by atoms with Gasteiger partial charge in [0.2, 0.25) is 5.91 Å². The number of ether oxygens (including phenoxy) is 1. The zero-order valence-corrected chi connectivity index (χ0v) is 18.6. The largest absolute Gasteiger partial charge is 0.492 e. The van der Waals surface area contributed by atoms with Crippen LogP contribution in [0.15, 0.2) is 42.5 Å². The maximum atomic E-state index is 12.8. The summed E-state index contributed by atoms with van der Waals surface area (Å²) >= 11 is 5.89. The van der Waals surface area contributed by atoms with Crippen LogP contribution < -0.4 is 4.74 Å². The van der Waals surface area contributed by atoms with Crippen molar-refractivity contribution >= 4 is 23.4 Å². The number of amides is 2. The van der Waals surface area contributed by atoms with Gasteiger partial charge < -0.3 is 14.5 Å². The lowest BCUT2D eigenvalue weighted by Gasteiger charge is -2.33. The summed E-state index contributed by atoms with van der Waals surface area (Å²) in [7, 11) is 1.82. The Hall–Kier alpha value is -2.53. The van der Waals surface area contributed by atoms with E-state index in [0.29, 0.717) is 49.7 Å². The molecule has 5 nitrogen and oxygen atoms in total. The van der Waals surface area contributed by atoms with Gasteiger partial charge in [0, 0.05) is 36.6 Å². The summed E-state index contributed by atoms with van der Waals surface area (Å²) in [5.74, 6) is 0.901. The molecule has 0 saturated carbocycles. The molecule has 2 aromatic carbocycles. The lowest BCUT2D eigenvalue weighted by molar-refractivity contribution is -0.135. The number of likely N-dealkylation sites (N-methyl/N-ethyl adjacent to an activating group) is 1. The van der Waals surface area contributed by atoms with Crippen molar-refractivity contribution in [2.45, 2.75) is 26.7 Å². The van der Waals surface area contributed by atoms with E-state index in [1.54, 1.807) is 29.2 Å². The Labute approximate surface area is 183 Å². The summed E-state index contributed by atoms with van der Waals surface area (Å²) in [6.45, 7) is 6.25. The molecule has 1 fully saturated rings. The predicted octanol–water partition coefficient (Wildman–Crippen LogP) is 4.35. The van der Waals surface area contributed by atoms with E-state index < -0.39 is 0 Å². The van der Waals surface area contributed by atoms with Crippen LogP contribution in [0, 0.1) is 19.8 Å². The molecule has 0 bridgehead atoms. The van der Waals surface area contributed by atoms with Crippen LogP contribution in [0.5, 0.6) is 5.75 Å². The summed E-state index contributed by atoms with van der Waals surface area (Å²) in [6, 6.07) is 13.0. The summed E-state index contributed by atoms with van der Waals surface area (Å²) in [4.78, 5) is 29.0. The normalized spacial score (nSPS) is 14.5. The number of aryl methyl sites for hydroxylation is 2. The van der Waals surface area contributed by atoms with Crippen molar-refractivity contribution in [1.82, 2.24) is 9.80 Å². The van der Waals surface area contributed by atoms with Gasteiger partial charge in [-0.3, -0.25) is 9.59 Å². The Morgan fingerprint density at radius 1 is 1.07 bits per heavy atom. The van der Waals surface area contributed by atoms with Crippen molar-refractivity contribution in [1.29, 1.82) is 0 Å². The van der Waals surface area contributed by atoms with Crippen LogP contribution in [0.4, 0.5) is 0 Å². The highest BCUT2D eigenvalue weighted by molar-refractivity contribution is 6.30. The minimum absolute atomic E-state index is 0.00670. The zero-order valence-electron chi connectivity index (χ0n) is 17.9. The average molecular weight is 429 g/mol. The molecule has 0 radical (unpaired) electrons. The number of carbonyl (C=O) groups excluding carboxylic acids is 2. The molecule has 1 heterocycles. The second kappa shape index (κ2) is 9.98. The number of hydrogen-bond donors (Lipinski definition) is 0. The van der Waals surface area contributed by atoms with Gasteiger partial charge in [0.1, 0.15) is 12.4 Å². The molecule has 2 amide bonds. The van der Waals surface area contributed by atoms with Gasteiger partial charge in [-0.1, -0.05) is 17.7 Å². The fraction of sp³-hybridized carbons (Fsp3) is 0.417. The third-order valence-electron chi connectivity index (χ3n) is 5.49. The van der Waals surface area contributed by atoms with E-state index in [1.807, 2.05) is 37.9 Å². The molecule has 0 aliphatic carbocycles. The van der Waals surface area contributed by atoms with Crippen molar-refractivity contribution in [2.75, 3.05) is 33.3 Å². The Morgan fingerprint density at radius 3 is 2.27 bits per heavy atom. The van der Waals surface area contributed by atoms with E-state index >= 15 is 0 Å². The maximum Gasteiger partial charge on any atom is 0.253 e. The van der Waals surface area contributed by atoms with Crippen LogP contribution >= 0.6 is 11.6 Å². The zero-order chi connectivity index (χ0) is 21.7. The molecule has 160 valence electrons. The van der Waals surface area contributed by atoms with Crippen LogP contribution in [0.25, 0.3) is 0 Å². The molecule has 6 heteroatoms. The van der Waals surface area contributed by atoms with Crippen LogP contribution in [0.3, 0.4) is 0 Å². The lowest BCUT2D eigenvalue weighted by Crippen LogP contribution is -2.44. The monoisotopic (exact) mass is 428 g/mol. The first-order chi connectivity index (χ1) is 14.3. The van der Waals surface area contributed by atoms with Crippen molar-refractivity contribution in [2.24, 2.45) is 5.92 Å². The Morgan fingerprint density at radius 2 is 1.67 bits per heavy atom. The van der Waals surface area contributed by atoms with Gasteiger partial charge in [0.05, 0.1) is 6.54 Å². The number of benzene rings is 2. The maximum absolute atomic E-state index is 12.8. The van der Waals surface area contributed by atoms with Gasteiger partial charge in [-0.25, -0.2) is 0 Å². The minimum Gasteiger partial charge on any atom is -0.492 e. The first kappa shape index (κ1) is 22.2. The minimum atomic E-state index is -0.0505. The first-order valence-corrected chi connectivity index (χ1v) is 10.7. The standard InChI is InChI=1S/C24H29ClN2O3/c1-17-14-18(2)16-22(15-17)30-13-12-26(3)23(28)20-8-10-27(11-9-20)24(29)19-4-6-21(25)7-5-19/h4-7,14-16,20H,8-13H2,1-3H3. The highest BCUT2D eigenvalue weighted by atomic mass is 35.5. The van der Waals surface area contributed by atoms with Crippen molar-refractivity contribution in [3.63, 3.8) is 0 Å². The summed E-state index contributed by atoms with van der Waals surface area (Å²) in [6.07, 6.45) is 1.36. The topological polar surface area (TPSA) is 49.9 Å². The van der Waals surface area contributed by atoms with Gasteiger partial charge in [-0.15, -0.1) is 0 Å². The van der Waals surface area contributed by atoms with Crippen LogP contribution in [-0.4, -0.2) is 54.9 Å². The van der Waals surface area contributed by atoms with Gasteiger partial charge in [-0.2, -0.15) is 0 Å². The molecular weight excluding hydrogens is 400 g/mol. The molecule has 0 spiro atoms. The third-order valence-corrected chi connectivity index (χ3v) is 5.74. The predicted molar refractivity (Wildman–Crippen MR) is 119 cm³/mol. The van der Waals surface area contributed by atoms with E-state index in [2.05, 4.69) is 6.07 Å². The summed E-state index contributed by atoms with van der Waals surface area (Å²) < 4.78 is 5.83. The number of likely N-dealkylation sites (tertiary alicyclic amines) is 1. The molecule has 1 saturated heterocycles. The summed E-state index contributed by atoms with van der Waals surface area (Å²) in [5.41, 5.74) is 2.95. The number of carbonyl (C=O) groups is 2. The van der Waals surface area contributed by atoms with E-state index in [0.717, 1.165) is 16.9 Å². The van der Waals surface area contributed by atoms with Crippen LogP contribution in [-0.2, 0) is 4.79 Å². The molecule has 3 rings (SSSR count). The van der Waals surface area contributed by atoms with E-state index in [1.165, 1.54) is 0 Å². The van der Waals surface area contributed by atoms with Gasteiger partial charge in [0.15, 0.2) is 0 Å². The first-order valence-electron chi connectivity index (χ1n) is 10.3. The molecule has 0 aromatic heterocycles. The Bertz CT molecular complexity index is 870. The number of hydrogen-bond acceptors (Lipinski definition) is 3. The second-order valence-corrected chi connectivity index (χ2v) is 8.44. The highest BCUT2D eigenvalue weighted by Crippen LogP contribution is 2.22. The second-order valence-electron chi connectivity index (χ2n) is 8.01. The molecule has 0 unspecified atom stereocenters. The Balaban J connectivity index is 1.44. The molecule has 0 atom stereocenters. The quantitative estimate of drug-likeness (QED) is 0.687. The molecule has 2 aromatic rings.